The minimum Gasteiger partial charge on any atom is -0.455 e. The second-order valence-electron chi connectivity index (χ2n) is 4.53. The first-order chi connectivity index (χ1) is 11.2. The number of nitro benzene ring substituents is 1. The van der Waals surface area contributed by atoms with Gasteiger partial charge in [0.1, 0.15) is 0 Å². The summed E-state index contributed by atoms with van der Waals surface area (Å²) in [5, 5.41) is 11.2. The zero-order chi connectivity index (χ0) is 18.3. The number of hydrogen-bond acceptors (Lipinski definition) is 7. The quantitative estimate of drug-likeness (QED) is 0.316. The first-order valence-electron chi connectivity index (χ1n) is 6.55. The van der Waals surface area contributed by atoms with Gasteiger partial charge in [0.05, 0.1) is 16.4 Å². The number of hydrogen-bond donors (Lipinski definition) is 1. The van der Waals surface area contributed by atoms with Crippen molar-refractivity contribution in [1.82, 2.24) is 5.32 Å². The van der Waals surface area contributed by atoms with Gasteiger partial charge in [0.2, 0.25) is 0 Å². The van der Waals surface area contributed by atoms with Crippen molar-refractivity contribution >= 4 is 27.4 Å². The van der Waals surface area contributed by atoms with Crippen LogP contribution in [0.5, 0.6) is 0 Å². The maximum absolute atomic E-state index is 12.3. The zero-order valence-electron chi connectivity index (χ0n) is 12.6. The van der Waals surface area contributed by atoms with Gasteiger partial charge in [-0.05, 0) is 19.1 Å². The zero-order valence-corrected chi connectivity index (χ0v) is 13.4. The van der Waals surface area contributed by atoms with E-state index in [1.54, 1.807) is 0 Å². The lowest BCUT2D eigenvalue weighted by Crippen LogP contribution is -2.34. The fourth-order valence-electron chi connectivity index (χ4n) is 1.54. The largest absolute Gasteiger partial charge is 0.455 e. The number of terminal acetylenes is 1. The topological polar surface area (TPSA) is 133 Å². The fraction of sp³-hybridized carbons (Fsp3) is 0.286. The molecule has 24 heavy (non-hydrogen) atoms. The highest BCUT2D eigenvalue weighted by Crippen LogP contribution is 2.20. The van der Waals surface area contributed by atoms with Crippen LogP contribution in [-0.4, -0.2) is 43.6 Å². The van der Waals surface area contributed by atoms with Crippen molar-refractivity contribution in [3.05, 3.63) is 34.4 Å². The number of carbonyl (C=O) groups excluding carboxylic acids is 2. The Morgan fingerprint density at radius 1 is 1.38 bits per heavy atom. The second-order valence-corrected chi connectivity index (χ2v) is 6.80. The van der Waals surface area contributed by atoms with Gasteiger partial charge in [0.15, 0.2) is 21.7 Å². The third-order valence-electron chi connectivity index (χ3n) is 2.91. The predicted molar refractivity (Wildman–Crippen MR) is 82.5 cm³/mol. The van der Waals surface area contributed by atoms with Crippen LogP contribution in [0.3, 0.4) is 0 Å². The molecule has 1 amide bonds. The number of esters is 1. The van der Waals surface area contributed by atoms with Gasteiger partial charge in [-0.3, -0.25) is 19.7 Å². The summed E-state index contributed by atoms with van der Waals surface area (Å²) in [5.41, 5.74) is -0.283. The highest BCUT2D eigenvalue weighted by atomic mass is 32.2. The third-order valence-corrected chi connectivity index (χ3v) is 4.96. The SMILES string of the molecule is C#CCNC(=O)COC(=O)[C@@H](C)S(=O)(=O)c1ccc([N+](=O)[O-])cc1. The van der Waals surface area contributed by atoms with Crippen molar-refractivity contribution in [1.29, 1.82) is 0 Å². The summed E-state index contributed by atoms with van der Waals surface area (Å²) in [6.45, 7) is 0.381. The standard InChI is InChI=1S/C14H14N2O7S/c1-3-8-15-13(17)9-23-14(18)10(2)24(21,22)12-6-4-11(5-7-12)16(19)20/h1,4-7,10H,8-9H2,2H3,(H,15,17)/t10-/m1/s1. The van der Waals surface area contributed by atoms with Crippen molar-refractivity contribution in [3.63, 3.8) is 0 Å². The van der Waals surface area contributed by atoms with Gasteiger partial charge < -0.3 is 10.1 Å². The van der Waals surface area contributed by atoms with Gasteiger partial charge in [-0.15, -0.1) is 6.42 Å². The van der Waals surface area contributed by atoms with E-state index in [2.05, 4.69) is 16.0 Å². The van der Waals surface area contributed by atoms with Crippen molar-refractivity contribution in [2.75, 3.05) is 13.2 Å². The minimum atomic E-state index is -4.11. The molecule has 0 saturated carbocycles. The summed E-state index contributed by atoms with van der Waals surface area (Å²) in [7, 11) is -4.11. The van der Waals surface area contributed by atoms with Crippen LogP contribution in [0, 0.1) is 22.5 Å². The van der Waals surface area contributed by atoms with Crippen LogP contribution in [-0.2, 0) is 24.2 Å². The normalized spacial score (nSPS) is 11.8. The number of benzene rings is 1. The number of rotatable bonds is 7. The van der Waals surface area contributed by atoms with E-state index < -0.39 is 38.5 Å². The molecule has 0 saturated heterocycles. The van der Waals surface area contributed by atoms with Gasteiger partial charge in [-0.2, -0.15) is 0 Å². The van der Waals surface area contributed by atoms with Crippen LogP contribution < -0.4 is 5.32 Å². The molecule has 1 N–H and O–H groups in total. The molecule has 0 spiro atoms. The average Bonchev–Trinajstić information content (AvgIpc) is 2.56. The number of carbonyl (C=O) groups is 2. The van der Waals surface area contributed by atoms with Crippen LogP contribution in [0.2, 0.25) is 0 Å². The summed E-state index contributed by atoms with van der Waals surface area (Å²) < 4.78 is 29.2. The van der Waals surface area contributed by atoms with Gasteiger partial charge in [0.25, 0.3) is 11.6 Å². The van der Waals surface area contributed by atoms with Crippen molar-refractivity contribution in [2.24, 2.45) is 0 Å². The Morgan fingerprint density at radius 3 is 2.46 bits per heavy atom. The van der Waals surface area contributed by atoms with E-state index in [0.29, 0.717) is 0 Å². The number of amides is 1. The number of non-ortho nitro benzene ring substituents is 1. The van der Waals surface area contributed by atoms with Gasteiger partial charge in [-0.1, -0.05) is 5.92 Å². The van der Waals surface area contributed by atoms with Gasteiger partial charge in [0, 0.05) is 12.1 Å². The molecule has 1 aromatic carbocycles. The minimum absolute atomic E-state index is 0.0486. The van der Waals surface area contributed by atoms with Crippen LogP contribution in [0.1, 0.15) is 6.92 Å². The van der Waals surface area contributed by atoms with Crippen LogP contribution in [0.4, 0.5) is 5.69 Å². The summed E-state index contributed by atoms with van der Waals surface area (Å²) in [6.07, 6.45) is 4.94. The van der Waals surface area contributed by atoms with E-state index in [9.17, 15) is 28.1 Å². The molecule has 0 aromatic heterocycles. The molecule has 0 radical (unpaired) electrons. The Kier molecular flexibility index (Phi) is 6.43. The number of nitrogens with zero attached hydrogens (tertiary/aromatic N) is 1. The Labute approximate surface area is 138 Å². The molecule has 128 valence electrons. The van der Waals surface area contributed by atoms with Gasteiger partial charge in [-0.25, -0.2) is 8.42 Å². The molecule has 0 aliphatic rings. The molecule has 9 nitrogen and oxygen atoms in total. The molecule has 1 atom stereocenters. The Bertz CT molecular complexity index is 778. The lowest BCUT2D eigenvalue weighted by molar-refractivity contribution is -0.384. The Hall–Kier alpha value is -2.93. The van der Waals surface area contributed by atoms with Gasteiger partial charge >= 0.3 is 5.97 Å². The number of nitrogens with one attached hydrogen (secondary N) is 1. The molecule has 1 rings (SSSR count). The van der Waals surface area contributed by atoms with E-state index in [1.807, 2.05) is 0 Å². The lowest BCUT2D eigenvalue weighted by atomic mass is 10.3. The molecule has 0 bridgehead atoms. The third kappa shape index (κ3) is 4.79. The maximum Gasteiger partial charge on any atom is 0.324 e. The van der Waals surface area contributed by atoms with Crippen molar-refractivity contribution in [3.8, 4) is 12.3 Å². The molecule has 0 fully saturated rings. The lowest BCUT2D eigenvalue weighted by Gasteiger charge is -2.12. The number of sulfone groups is 1. The molecule has 0 unspecified atom stereocenters. The smallest absolute Gasteiger partial charge is 0.324 e. The van der Waals surface area contributed by atoms with Crippen LogP contribution in [0.25, 0.3) is 0 Å². The summed E-state index contributed by atoms with van der Waals surface area (Å²) >= 11 is 0. The van der Waals surface area contributed by atoms with E-state index >= 15 is 0 Å². The van der Waals surface area contributed by atoms with Crippen LogP contribution in [0.15, 0.2) is 29.2 Å². The van der Waals surface area contributed by atoms with Crippen LogP contribution >= 0.6 is 0 Å². The summed E-state index contributed by atoms with van der Waals surface area (Å²) in [4.78, 5) is 32.7. The molecule has 10 heteroatoms. The maximum atomic E-state index is 12.3. The Balaban J connectivity index is 2.79. The summed E-state index contributed by atoms with van der Waals surface area (Å²) in [6, 6.07) is 4.07. The predicted octanol–water partition coefficient (Wildman–Crippen LogP) is 0.0496. The number of nitro groups is 1. The first-order valence-corrected chi connectivity index (χ1v) is 8.10. The highest BCUT2D eigenvalue weighted by molar-refractivity contribution is 7.92. The first kappa shape index (κ1) is 19.1. The average molecular weight is 354 g/mol. The molecule has 0 heterocycles. The van der Waals surface area contributed by atoms with E-state index in [1.165, 1.54) is 0 Å². The molecule has 0 aliphatic heterocycles. The van der Waals surface area contributed by atoms with E-state index in [0.717, 1.165) is 31.2 Å². The second kappa shape index (κ2) is 8.07. The van der Waals surface area contributed by atoms with Crippen molar-refractivity contribution in [2.45, 2.75) is 17.1 Å². The fourth-order valence-corrected chi connectivity index (χ4v) is 2.79. The molecule has 1 aromatic rings. The molecular formula is C14H14N2O7S. The number of ether oxygens (including phenoxy) is 1. The molecule has 0 aliphatic carbocycles. The van der Waals surface area contributed by atoms with E-state index in [4.69, 9.17) is 6.42 Å². The monoisotopic (exact) mass is 354 g/mol. The molecular weight excluding hydrogens is 340 g/mol. The highest BCUT2D eigenvalue weighted by Gasteiger charge is 2.31. The summed E-state index contributed by atoms with van der Waals surface area (Å²) in [5.74, 6) is 0.364. The van der Waals surface area contributed by atoms with Crippen molar-refractivity contribution < 1.29 is 27.7 Å². The van der Waals surface area contributed by atoms with E-state index in [-0.39, 0.29) is 17.1 Å². The Morgan fingerprint density at radius 2 is 1.96 bits per heavy atom.